The van der Waals surface area contributed by atoms with Gasteiger partial charge in [0.2, 0.25) is 5.13 Å². The number of carbonyl (C=O) groups is 2. The molecule has 0 aliphatic carbocycles. The van der Waals surface area contributed by atoms with E-state index in [0.29, 0.717) is 40.0 Å². The van der Waals surface area contributed by atoms with Crippen LogP contribution in [0.4, 0.5) is 5.13 Å². The van der Waals surface area contributed by atoms with Gasteiger partial charge < -0.3 is 14.6 Å². The lowest BCUT2D eigenvalue weighted by molar-refractivity contribution is -0.132. The highest BCUT2D eigenvalue weighted by atomic mass is 32.2. The Balaban J connectivity index is 1.37. The van der Waals surface area contributed by atoms with Gasteiger partial charge in [-0.3, -0.25) is 14.5 Å². The molecule has 2 aliphatic heterocycles. The average molecular weight is 642 g/mol. The minimum absolute atomic E-state index is 0.000829. The predicted octanol–water partition coefficient (Wildman–Crippen LogP) is 7.66. The van der Waals surface area contributed by atoms with E-state index in [2.05, 4.69) is 41.4 Å². The topological polar surface area (TPSA) is 102 Å². The van der Waals surface area contributed by atoms with Crippen molar-refractivity contribution in [1.29, 1.82) is 0 Å². The van der Waals surface area contributed by atoms with E-state index in [-0.39, 0.29) is 22.6 Å². The number of hydrogen-bond acceptors (Lipinski definition) is 9. The number of ketones is 1. The number of unbranched alkanes of at least 4 members (excludes halogenated alkanes) is 2. The van der Waals surface area contributed by atoms with Crippen molar-refractivity contribution in [3.8, 4) is 11.5 Å². The Morgan fingerprint density at radius 2 is 1.91 bits per heavy atom. The number of rotatable bonds is 11. The number of fused-ring (bicyclic) bond motifs is 1. The molecule has 1 saturated heterocycles. The van der Waals surface area contributed by atoms with E-state index in [9.17, 15) is 14.7 Å². The second-order valence-electron chi connectivity index (χ2n) is 11.4. The van der Waals surface area contributed by atoms with Gasteiger partial charge in [-0.05, 0) is 67.3 Å². The zero-order chi connectivity index (χ0) is 31.5. The Kier molecular flexibility index (Phi) is 9.23. The van der Waals surface area contributed by atoms with E-state index >= 15 is 0 Å². The van der Waals surface area contributed by atoms with Crippen molar-refractivity contribution >= 4 is 45.7 Å². The minimum Gasteiger partial charge on any atom is -0.507 e. The summed E-state index contributed by atoms with van der Waals surface area (Å²) in [5.41, 5.74) is 4.36. The molecule has 4 aromatic rings. The molecule has 3 aromatic carbocycles. The number of benzene rings is 3. The number of hydrogen-bond donors (Lipinski definition) is 1. The van der Waals surface area contributed by atoms with Gasteiger partial charge in [0.15, 0.2) is 4.34 Å². The van der Waals surface area contributed by atoms with Gasteiger partial charge in [-0.2, -0.15) is 0 Å². The van der Waals surface area contributed by atoms with Crippen molar-refractivity contribution in [2.45, 2.75) is 68.7 Å². The van der Waals surface area contributed by atoms with Gasteiger partial charge in [0, 0.05) is 17.7 Å². The van der Waals surface area contributed by atoms with Crippen LogP contribution in [0.5, 0.6) is 11.5 Å². The predicted molar refractivity (Wildman–Crippen MR) is 177 cm³/mol. The number of aromatic nitrogens is 2. The third-order valence-electron chi connectivity index (χ3n) is 7.89. The number of aryl methyl sites for hydroxylation is 1. The van der Waals surface area contributed by atoms with Crippen molar-refractivity contribution in [3.63, 3.8) is 0 Å². The second kappa shape index (κ2) is 13.5. The largest absolute Gasteiger partial charge is 0.507 e. The Bertz CT molecular complexity index is 1750. The smallest absolute Gasteiger partial charge is 0.301 e. The number of aliphatic hydroxyl groups excluding tert-OH is 1. The zero-order valence-electron chi connectivity index (χ0n) is 25.5. The molecule has 0 unspecified atom stereocenters. The number of amides is 1. The maximum Gasteiger partial charge on any atom is 0.301 e. The summed E-state index contributed by atoms with van der Waals surface area (Å²) in [6.07, 6.45) is 3.79. The molecule has 1 aromatic heterocycles. The highest BCUT2D eigenvalue weighted by Gasteiger charge is 2.48. The Morgan fingerprint density at radius 3 is 2.71 bits per heavy atom. The average Bonchev–Trinajstić information content (AvgIpc) is 3.73. The molecule has 2 aliphatic rings. The van der Waals surface area contributed by atoms with Gasteiger partial charge in [0.05, 0.1) is 18.2 Å². The molecule has 0 bridgehead atoms. The van der Waals surface area contributed by atoms with E-state index < -0.39 is 17.7 Å². The van der Waals surface area contributed by atoms with E-state index in [1.165, 1.54) is 33.6 Å². The summed E-state index contributed by atoms with van der Waals surface area (Å²) in [5, 5.41) is 20.7. The molecule has 0 radical (unpaired) electrons. The number of anilines is 1. The molecular formula is C35H35N3O5S2. The van der Waals surface area contributed by atoms with Crippen LogP contribution in [-0.2, 0) is 21.8 Å². The highest BCUT2D eigenvalue weighted by molar-refractivity contribution is 8.00. The fraction of sp³-hybridized carbons (Fsp3) is 0.314. The number of ether oxygens (including phenoxy) is 2. The number of aliphatic hydroxyl groups is 1. The Hall–Kier alpha value is -4.15. The summed E-state index contributed by atoms with van der Waals surface area (Å²) in [4.78, 5) is 28.8. The normalized spacial score (nSPS) is 18.7. The van der Waals surface area contributed by atoms with Crippen molar-refractivity contribution in [2.75, 3.05) is 11.5 Å². The maximum atomic E-state index is 13.7. The molecule has 2 atom stereocenters. The zero-order valence-corrected chi connectivity index (χ0v) is 27.1. The Morgan fingerprint density at radius 1 is 1.09 bits per heavy atom. The van der Waals surface area contributed by atoms with E-state index in [4.69, 9.17) is 9.47 Å². The van der Waals surface area contributed by atoms with Crippen LogP contribution in [0.2, 0.25) is 0 Å². The van der Waals surface area contributed by atoms with Gasteiger partial charge in [-0.15, -0.1) is 10.2 Å². The first-order valence-electron chi connectivity index (χ1n) is 15.2. The maximum absolute atomic E-state index is 13.7. The van der Waals surface area contributed by atoms with Gasteiger partial charge in [0.1, 0.15) is 23.4 Å². The van der Waals surface area contributed by atoms with Gasteiger partial charge in [-0.25, -0.2) is 0 Å². The lowest BCUT2D eigenvalue weighted by Gasteiger charge is -2.23. The first kappa shape index (κ1) is 30.9. The van der Waals surface area contributed by atoms with Gasteiger partial charge in [0.25, 0.3) is 5.78 Å². The minimum atomic E-state index is -0.921. The molecule has 0 spiro atoms. The number of Topliss-reactive ketones (excluding diaryl/α,β-unsaturated/α-hetero) is 1. The summed E-state index contributed by atoms with van der Waals surface area (Å²) in [5.74, 6) is 0.296. The molecule has 1 amide bonds. The van der Waals surface area contributed by atoms with Crippen molar-refractivity contribution in [1.82, 2.24) is 10.2 Å². The molecule has 0 saturated carbocycles. The summed E-state index contributed by atoms with van der Waals surface area (Å²) < 4.78 is 12.5. The van der Waals surface area contributed by atoms with Crippen molar-refractivity contribution < 1.29 is 24.2 Å². The number of nitrogens with zero attached hydrogens (tertiary/aromatic N) is 3. The summed E-state index contributed by atoms with van der Waals surface area (Å²) >= 11 is 2.77. The summed E-state index contributed by atoms with van der Waals surface area (Å²) in [6.45, 7) is 6.73. The standard InChI is InChI=1S/C35H35N3O5S2/c1-4-5-6-16-42-27-9-7-8-24(19-27)30-29(31(39)25-14-15-28-26(18-25)17-22(3)43-28)32(40)33(41)38(30)34-36-37-35(45-34)44-20-23-12-10-21(2)11-13-23/h7-15,18-19,22,30,39H,4-6,16-17,20H2,1-3H3/t22-,30+/m1/s1. The molecule has 45 heavy (non-hydrogen) atoms. The quantitative estimate of drug-likeness (QED) is 0.0445. The fourth-order valence-electron chi connectivity index (χ4n) is 5.57. The summed E-state index contributed by atoms with van der Waals surface area (Å²) in [6, 6.07) is 20.1. The number of thioether (sulfide) groups is 1. The Labute approximate surface area is 271 Å². The molecule has 1 fully saturated rings. The summed E-state index contributed by atoms with van der Waals surface area (Å²) in [7, 11) is 0. The van der Waals surface area contributed by atoms with Crippen LogP contribution in [0.1, 0.15) is 67.0 Å². The van der Waals surface area contributed by atoms with Crippen molar-refractivity contribution in [3.05, 3.63) is 100 Å². The van der Waals surface area contributed by atoms with E-state index in [1.807, 2.05) is 44.2 Å². The SMILES string of the molecule is CCCCCOc1cccc([C@H]2C(=C(O)c3ccc4c(c3)C[C@@H](C)O4)C(=O)C(=O)N2c2nnc(SCc3ccc(C)cc3)s2)c1. The van der Waals surface area contributed by atoms with E-state index in [1.54, 1.807) is 12.1 Å². The monoisotopic (exact) mass is 641 g/mol. The molecule has 6 rings (SSSR count). The lowest BCUT2D eigenvalue weighted by atomic mass is 9.94. The van der Waals surface area contributed by atoms with Crippen LogP contribution in [0.15, 0.2) is 76.6 Å². The number of carbonyl (C=O) groups excluding carboxylic acids is 2. The lowest BCUT2D eigenvalue weighted by Crippen LogP contribution is -2.29. The van der Waals surface area contributed by atoms with Crippen LogP contribution in [0, 0.1) is 6.92 Å². The van der Waals surface area contributed by atoms with Gasteiger partial charge in [-0.1, -0.05) is 84.8 Å². The first-order chi connectivity index (χ1) is 21.8. The van der Waals surface area contributed by atoms with Gasteiger partial charge >= 0.3 is 5.91 Å². The molecule has 8 nitrogen and oxygen atoms in total. The van der Waals surface area contributed by atoms with Crippen LogP contribution in [0.3, 0.4) is 0 Å². The van der Waals surface area contributed by atoms with Crippen LogP contribution in [-0.4, -0.2) is 39.7 Å². The fourth-order valence-corrected chi connectivity index (χ4v) is 7.40. The third-order valence-corrected chi connectivity index (χ3v) is 10.0. The molecule has 232 valence electrons. The van der Waals surface area contributed by atoms with E-state index in [0.717, 1.165) is 36.1 Å². The molecule has 10 heteroatoms. The molecular weight excluding hydrogens is 607 g/mol. The first-order valence-corrected chi connectivity index (χ1v) is 17.0. The second-order valence-corrected chi connectivity index (χ2v) is 13.6. The third kappa shape index (κ3) is 6.62. The van der Waals surface area contributed by atoms with Crippen molar-refractivity contribution in [2.24, 2.45) is 0 Å². The van der Waals surface area contributed by atoms with Crippen LogP contribution < -0.4 is 14.4 Å². The highest BCUT2D eigenvalue weighted by Crippen LogP contribution is 2.45. The molecule has 3 heterocycles. The molecule has 1 N–H and O–H groups in total. The van der Waals surface area contributed by atoms with Crippen LogP contribution >= 0.6 is 23.1 Å². The van der Waals surface area contributed by atoms with Crippen LogP contribution in [0.25, 0.3) is 5.76 Å².